The highest BCUT2D eigenvalue weighted by molar-refractivity contribution is 6.16. The van der Waals surface area contributed by atoms with Crippen molar-refractivity contribution in [3.8, 4) is 11.5 Å². The Labute approximate surface area is 152 Å². The van der Waals surface area contributed by atoms with Gasteiger partial charge in [0.2, 0.25) is 11.8 Å². The van der Waals surface area contributed by atoms with Crippen LogP contribution in [0.4, 0.5) is 11.4 Å². The molecule has 3 rings (SSSR count). The largest absolute Gasteiger partial charge is 0.497 e. The van der Waals surface area contributed by atoms with E-state index in [0.717, 1.165) is 5.75 Å². The average Bonchev–Trinajstić information content (AvgIpc) is 3.46. The van der Waals surface area contributed by atoms with E-state index in [1.54, 1.807) is 55.6 Å². The minimum atomic E-state index is -1.00. The van der Waals surface area contributed by atoms with Crippen LogP contribution < -0.4 is 20.1 Å². The van der Waals surface area contributed by atoms with Crippen molar-refractivity contribution in [2.24, 2.45) is 5.41 Å². The summed E-state index contributed by atoms with van der Waals surface area (Å²) in [5.74, 6) is 0.875. The summed E-state index contributed by atoms with van der Waals surface area (Å²) in [7, 11) is 1.58. The molecule has 0 spiro atoms. The fourth-order valence-electron chi connectivity index (χ4n) is 2.66. The second-order valence-corrected chi connectivity index (χ2v) is 6.18. The molecule has 0 aromatic heterocycles. The first-order valence-electron chi connectivity index (χ1n) is 8.57. The quantitative estimate of drug-likeness (QED) is 0.747. The van der Waals surface area contributed by atoms with Gasteiger partial charge in [-0.05, 0) is 68.3 Å². The molecule has 0 saturated heterocycles. The van der Waals surface area contributed by atoms with Crippen LogP contribution in [0.5, 0.6) is 11.5 Å². The Bertz CT molecular complexity index is 780. The lowest BCUT2D eigenvalue weighted by Gasteiger charge is -2.16. The molecule has 1 aliphatic carbocycles. The monoisotopic (exact) mass is 354 g/mol. The molecule has 2 aromatic carbocycles. The van der Waals surface area contributed by atoms with E-state index >= 15 is 0 Å². The number of ether oxygens (including phenoxy) is 2. The first kappa shape index (κ1) is 17.8. The molecule has 0 heterocycles. The van der Waals surface area contributed by atoms with E-state index in [1.165, 1.54) is 0 Å². The molecular weight excluding hydrogens is 332 g/mol. The normalized spacial score (nSPS) is 14.2. The van der Waals surface area contributed by atoms with Crippen LogP contribution in [-0.4, -0.2) is 25.5 Å². The molecule has 2 aromatic rings. The molecule has 0 unspecified atom stereocenters. The molecule has 1 aliphatic rings. The van der Waals surface area contributed by atoms with E-state index in [0.29, 0.717) is 36.6 Å². The molecule has 1 saturated carbocycles. The third-order valence-corrected chi connectivity index (χ3v) is 4.39. The number of nitrogens with one attached hydrogen (secondary N) is 2. The van der Waals surface area contributed by atoms with Gasteiger partial charge >= 0.3 is 0 Å². The molecule has 26 heavy (non-hydrogen) atoms. The number of amides is 2. The highest BCUT2D eigenvalue weighted by atomic mass is 16.5. The van der Waals surface area contributed by atoms with Crippen molar-refractivity contribution >= 4 is 23.2 Å². The van der Waals surface area contributed by atoms with Gasteiger partial charge in [0.25, 0.3) is 0 Å². The maximum atomic E-state index is 12.6. The fourth-order valence-corrected chi connectivity index (χ4v) is 2.66. The predicted molar refractivity (Wildman–Crippen MR) is 99.5 cm³/mol. The van der Waals surface area contributed by atoms with Gasteiger partial charge in [-0.15, -0.1) is 0 Å². The number of hydrogen-bond acceptors (Lipinski definition) is 4. The molecule has 0 radical (unpaired) electrons. The number of hydrogen-bond donors (Lipinski definition) is 2. The van der Waals surface area contributed by atoms with Crippen molar-refractivity contribution in [2.75, 3.05) is 24.4 Å². The molecule has 1 fully saturated rings. The van der Waals surface area contributed by atoms with Gasteiger partial charge in [0.1, 0.15) is 16.9 Å². The van der Waals surface area contributed by atoms with E-state index in [-0.39, 0.29) is 11.8 Å². The van der Waals surface area contributed by atoms with Crippen molar-refractivity contribution in [3.63, 3.8) is 0 Å². The molecule has 0 aliphatic heterocycles. The molecule has 136 valence electrons. The van der Waals surface area contributed by atoms with E-state index in [4.69, 9.17) is 9.47 Å². The summed E-state index contributed by atoms with van der Waals surface area (Å²) in [6, 6.07) is 14.1. The van der Waals surface area contributed by atoms with Crippen molar-refractivity contribution in [1.29, 1.82) is 0 Å². The predicted octanol–water partition coefficient (Wildman–Crippen LogP) is 3.45. The lowest BCUT2D eigenvalue weighted by atomic mass is 10.0. The lowest BCUT2D eigenvalue weighted by Crippen LogP contribution is -2.35. The summed E-state index contributed by atoms with van der Waals surface area (Å²) >= 11 is 0. The van der Waals surface area contributed by atoms with Crippen LogP contribution in [-0.2, 0) is 9.59 Å². The summed E-state index contributed by atoms with van der Waals surface area (Å²) in [6.07, 6.45) is 1.08. The van der Waals surface area contributed by atoms with Crippen molar-refractivity contribution in [2.45, 2.75) is 19.8 Å². The number of methoxy groups -OCH3 is 1. The second kappa shape index (κ2) is 7.47. The zero-order valence-corrected chi connectivity index (χ0v) is 14.9. The molecule has 2 N–H and O–H groups in total. The van der Waals surface area contributed by atoms with Crippen LogP contribution in [0, 0.1) is 5.41 Å². The van der Waals surface area contributed by atoms with Crippen molar-refractivity contribution in [1.82, 2.24) is 0 Å². The highest BCUT2D eigenvalue weighted by Gasteiger charge is 2.56. The molecule has 2 amide bonds. The maximum absolute atomic E-state index is 12.6. The van der Waals surface area contributed by atoms with Crippen molar-refractivity contribution in [3.05, 3.63) is 48.5 Å². The van der Waals surface area contributed by atoms with Crippen LogP contribution in [0.2, 0.25) is 0 Å². The third kappa shape index (κ3) is 3.79. The Hall–Kier alpha value is -3.02. The Balaban J connectivity index is 1.63. The minimum absolute atomic E-state index is 0.285. The Kier molecular flexibility index (Phi) is 5.11. The first-order valence-corrected chi connectivity index (χ1v) is 8.57. The van der Waals surface area contributed by atoms with Crippen LogP contribution in [0.1, 0.15) is 19.8 Å². The van der Waals surface area contributed by atoms with E-state index < -0.39 is 5.41 Å². The maximum Gasteiger partial charge on any atom is 0.240 e. The standard InChI is InChI=1S/C20H22N2O4/c1-3-26-17-10-6-15(7-11-17)22-19(24)20(12-13-20)18(23)21-14-4-8-16(25-2)9-5-14/h4-11H,3,12-13H2,1-2H3,(H,21,23)(H,22,24). The molecular formula is C20H22N2O4. The van der Waals surface area contributed by atoms with Gasteiger partial charge in [0.05, 0.1) is 13.7 Å². The van der Waals surface area contributed by atoms with Gasteiger partial charge in [-0.1, -0.05) is 0 Å². The van der Waals surface area contributed by atoms with Crippen molar-refractivity contribution < 1.29 is 19.1 Å². The van der Waals surface area contributed by atoms with Gasteiger partial charge in [-0.25, -0.2) is 0 Å². The third-order valence-electron chi connectivity index (χ3n) is 4.39. The zero-order valence-electron chi connectivity index (χ0n) is 14.9. The van der Waals surface area contributed by atoms with Crippen LogP contribution in [0.3, 0.4) is 0 Å². The second-order valence-electron chi connectivity index (χ2n) is 6.18. The van der Waals surface area contributed by atoms with E-state index in [9.17, 15) is 9.59 Å². The van der Waals surface area contributed by atoms with E-state index in [1.807, 2.05) is 6.92 Å². The first-order chi connectivity index (χ1) is 12.6. The summed E-state index contributed by atoms with van der Waals surface area (Å²) < 4.78 is 10.5. The van der Waals surface area contributed by atoms with Crippen LogP contribution in [0.25, 0.3) is 0 Å². The van der Waals surface area contributed by atoms with Gasteiger partial charge in [-0.3, -0.25) is 9.59 Å². The summed E-state index contributed by atoms with van der Waals surface area (Å²) in [4.78, 5) is 25.2. The fraction of sp³-hybridized carbons (Fsp3) is 0.300. The average molecular weight is 354 g/mol. The van der Waals surface area contributed by atoms with E-state index in [2.05, 4.69) is 10.6 Å². The Morgan fingerprint density at radius 3 is 1.73 bits per heavy atom. The molecule has 6 nitrogen and oxygen atoms in total. The van der Waals surface area contributed by atoms with Gasteiger partial charge in [-0.2, -0.15) is 0 Å². The minimum Gasteiger partial charge on any atom is -0.497 e. The Morgan fingerprint density at radius 1 is 0.885 bits per heavy atom. The van der Waals surface area contributed by atoms with Gasteiger partial charge in [0, 0.05) is 11.4 Å². The van der Waals surface area contributed by atoms with Crippen LogP contribution in [0.15, 0.2) is 48.5 Å². The lowest BCUT2D eigenvalue weighted by molar-refractivity contribution is -0.131. The zero-order chi connectivity index (χ0) is 18.6. The number of rotatable bonds is 7. The summed E-state index contributed by atoms with van der Waals surface area (Å²) in [5, 5.41) is 5.64. The number of benzene rings is 2. The highest BCUT2D eigenvalue weighted by Crippen LogP contribution is 2.47. The molecule has 0 bridgehead atoms. The number of anilines is 2. The van der Waals surface area contributed by atoms with Crippen LogP contribution >= 0.6 is 0 Å². The van der Waals surface area contributed by atoms with Gasteiger partial charge in [0.15, 0.2) is 0 Å². The Morgan fingerprint density at radius 2 is 1.35 bits per heavy atom. The summed E-state index contributed by atoms with van der Waals surface area (Å²) in [6.45, 7) is 2.49. The molecule has 0 atom stereocenters. The number of carbonyl (C=O) groups is 2. The number of carbonyl (C=O) groups excluding carboxylic acids is 2. The SMILES string of the molecule is CCOc1ccc(NC(=O)C2(C(=O)Nc3ccc(OC)cc3)CC2)cc1. The summed E-state index contributed by atoms with van der Waals surface area (Å²) in [5.41, 5.74) is 0.274. The smallest absolute Gasteiger partial charge is 0.240 e. The van der Waals surface area contributed by atoms with Gasteiger partial charge < -0.3 is 20.1 Å². The topological polar surface area (TPSA) is 76.7 Å². The molecule has 6 heteroatoms.